The number of aromatic nitrogens is 1. The Morgan fingerprint density at radius 2 is 2.23 bits per heavy atom. The molecule has 1 aliphatic carbocycles. The average molecular weight is 178 g/mol. The predicted molar refractivity (Wildman–Crippen MR) is 47.5 cm³/mol. The van der Waals surface area contributed by atoms with Crippen molar-refractivity contribution in [1.82, 2.24) is 4.98 Å². The van der Waals surface area contributed by atoms with Gasteiger partial charge in [0.2, 0.25) is 0 Å². The fourth-order valence-electron chi connectivity index (χ4n) is 1.33. The van der Waals surface area contributed by atoms with Gasteiger partial charge in [-0.05, 0) is 34.2 Å². The van der Waals surface area contributed by atoms with E-state index in [0.29, 0.717) is 0 Å². The van der Waals surface area contributed by atoms with E-state index in [4.69, 9.17) is 0 Å². The normalized spacial score (nSPS) is 18.2. The molecule has 0 aliphatic heterocycles. The summed E-state index contributed by atoms with van der Waals surface area (Å²) in [5.74, 6) is -0.0759. The highest BCUT2D eigenvalue weighted by molar-refractivity contribution is 5.31. The van der Waals surface area contributed by atoms with Crippen LogP contribution in [0.2, 0.25) is 0 Å². The molecule has 0 unspecified atom stereocenters. The van der Waals surface area contributed by atoms with Crippen LogP contribution >= 0.6 is 0 Å². The van der Waals surface area contributed by atoms with Crippen molar-refractivity contribution in [2.75, 3.05) is 0 Å². The van der Waals surface area contributed by atoms with Crippen LogP contribution in [-0.2, 0) is 5.41 Å². The molecule has 4 heteroatoms. The molecule has 0 amide bonds. The topological polar surface area (TPSA) is 56.0 Å². The number of hydrogen-bond donors (Lipinski definition) is 0. The van der Waals surface area contributed by atoms with Gasteiger partial charge in [0.1, 0.15) is 6.20 Å². The lowest BCUT2D eigenvalue weighted by Crippen LogP contribution is -2.01. The highest BCUT2D eigenvalue weighted by Gasteiger charge is 2.40. The van der Waals surface area contributed by atoms with Crippen molar-refractivity contribution < 1.29 is 4.92 Å². The minimum Gasteiger partial charge on any atom is -0.358 e. The van der Waals surface area contributed by atoms with E-state index >= 15 is 0 Å². The van der Waals surface area contributed by atoms with Crippen molar-refractivity contribution in [3.05, 3.63) is 34.0 Å². The van der Waals surface area contributed by atoms with E-state index in [9.17, 15) is 10.1 Å². The zero-order valence-corrected chi connectivity index (χ0v) is 7.36. The molecule has 13 heavy (non-hydrogen) atoms. The van der Waals surface area contributed by atoms with Crippen LogP contribution in [0.15, 0.2) is 18.3 Å². The molecule has 2 rings (SSSR count). The van der Waals surface area contributed by atoms with Crippen LogP contribution in [0.5, 0.6) is 0 Å². The Bertz CT molecular complexity index is 341. The molecule has 1 fully saturated rings. The summed E-state index contributed by atoms with van der Waals surface area (Å²) in [5.41, 5.74) is 1.35. The van der Waals surface area contributed by atoms with Gasteiger partial charge in [0.15, 0.2) is 0 Å². The molecule has 1 heterocycles. The van der Waals surface area contributed by atoms with E-state index in [0.717, 1.165) is 18.4 Å². The fourth-order valence-corrected chi connectivity index (χ4v) is 1.33. The second-order valence-electron chi connectivity index (χ2n) is 3.72. The molecule has 0 aromatic carbocycles. The van der Waals surface area contributed by atoms with Crippen LogP contribution in [0.4, 0.5) is 5.82 Å². The molecule has 4 nitrogen and oxygen atoms in total. The van der Waals surface area contributed by atoms with Gasteiger partial charge in [0, 0.05) is 11.6 Å². The molecule has 0 spiro atoms. The Morgan fingerprint density at radius 3 is 2.62 bits per heavy atom. The summed E-state index contributed by atoms with van der Waals surface area (Å²) in [5, 5.41) is 10.3. The van der Waals surface area contributed by atoms with Gasteiger partial charge in [-0.25, -0.2) is 0 Å². The number of nitrogens with zero attached hydrogens (tertiary/aromatic N) is 2. The first-order chi connectivity index (χ1) is 6.12. The molecule has 0 N–H and O–H groups in total. The van der Waals surface area contributed by atoms with Crippen LogP contribution < -0.4 is 0 Å². The van der Waals surface area contributed by atoms with Crippen LogP contribution in [0.3, 0.4) is 0 Å². The standard InChI is InChI=1S/C9H10N2O2/c1-9(4-5-9)7-2-3-8(10-6-7)11(12)13/h2-3,6H,4-5H2,1H3. The Balaban J connectivity index is 2.28. The summed E-state index contributed by atoms with van der Waals surface area (Å²) < 4.78 is 0. The summed E-state index contributed by atoms with van der Waals surface area (Å²) in [6.07, 6.45) is 3.93. The predicted octanol–water partition coefficient (Wildman–Crippen LogP) is 2.04. The van der Waals surface area contributed by atoms with Crippen molar-refractivity contribution in [3.8, 4) is 0 Å². The van der Waals surface area contributed by atoms with Crippen LogP contribution in [0, 0.1) is 10.1 Å². The summed E-state index contributed by atoms with van der Waals surface area (Å²) in [6, 6.07) is 3.27. The third-order valence-electron chi connectivity index (χ3n) is 2.63. The fraction of sp³-hybridized carbons (Fsp3) is 0.444. The largest absolute Gasteiger partial charge is 0.363 e. The van der Waals surface area contributed by atoms with Gasteiger partial charge >= 0.3 is 5.82 Å². The van der Waals surface area contributed by atoms with Crippen molar-refractivity contribution in [2.45, 2.75) is 25.2 Å². The Kier molecular flexibility index (Phi) is 1.58. The van der Waals surface area contributed by atoms with Gasteiger partial charge in [-0.1, -0.05) is 6.92 Å². The lowest BCUT2D eigenvalue weighted by Gasteiger charge is -2.04. The summed E-state index contributed by atoms with van der Waals surface area (Å²) in [6.45, 7) is 2.15. The first-order valence-corrected chi connectivity index (χ1v) is 4.23. The maximum atomic E-state index is 10.3. The van der Waals surface area contributed by atoms with Crippen molar-refractivity contribution in [3.63, 3.8) is 0 Å². The molecule has 0 bridgehead atoms. The Morgan fingerprint density at radius 1 is 1.54 bits per heavy atom. The monoisotopic (exact) mass is 178 g/mol. The van der Waals surface area contributed by atoms with E-state index < -0.39 is 4.92 Å². The van der Waals surface area contributed by atoms with Crippen LogP contribution in [0.25, 0.3) is 0 Å². The molecule has 1 saturated carbocycles. The van der Waals surface area contributed by atoms with Crippen LogP contribution in [0.1, 0.15) is 25.3 Å². The lowest BCUT2D eigenvalue weighted by molar-refractivity contribution is -0.389. The second-order valence-corrected chi connectivity index (χ2v) is 3.72. The lowest BCUT2D eigenvalue weighted by atomic mass is 10.0. The highest BCUT2D eigenvalue weighted by Crippen LogP contribution is 2.47. The minimum absolute atomic E-state index is 0.0759. The summed E-state index contributed by atoms with van der Waals surface area (Å²) in [4.78, 5) is 13.6. The van der Waals surface area contributed by atoms with Gasteiger partial charge in [0.05, 0.1) is 0 Å². The zero-order chi connectivity index (χ0) is 9.47. The maximum absolute atomic E-state index is 10.3. The van der Waals surface area contributed by atoms with Gasteiger partial charge in [-0.2, -0.15) is 0 Å². The van der Waals surface area contributed by atoms with E-state index in [1.54, 1.807) is 12.3 Å². The molecule has 1 aromatic rings. The molecular weight excluding hydrogens is 168 g/mol. The molecular formula is C9H10N2O2. The third-order valence-corrected chi connectivity index (χ3v) is 2.63. The zero-order valence-electron chi connectivity index (χ0n) is 7.36. The SMILES string of the molecule is CC1(c2ccc([N+](=O)[O-])nc2)CC1. The van der Waals surface area contributed by atoms with Gasteiger partial charge in [-0.15, -0.1) is 0 Å². The Labute approximate surface area is 75.8 Å². The Hall–Kier alpha value is -1.45. The summed E-state index contributed by atoms with van der Waals surface area (Å²) in [7, 11) is 0. The number of rotatable bonds is 2. The molecule has 0 atom stereocenters. The molecule has 0 saturated heterocycles. The molecule has 1 aliphatic rings. The first-order valence-electron chi connectivity index (χ1n) is 4.23. The quantitative estimate of drug-likeness (QED) is 0.514. The number of pyridine rings is 1. The van der Waals surface area contributed by atoms with Gasteiger partial charge in [-0.3, -0.25) is 0 Å². The third kappa shape index (κ3) is 1.39. The highest BCUT2D eigenvalue weighted by atomic mass is 16.6. The maximum Gasteiger partial charge on any atom is 0.363 e. The van der Waals surface area contributed by atoms with Crippen molar-refractivity contribution in [2.24, 2.45) is 0 Å². The smallest absolute Gasteiger partial charge is 0.358 e. The van der Waals surface area contributed by atoms with E-state index in [1.807, 2.05) is 0 Å². The summed E-state index contributed by atoms with van der Waals surface area (Å²) >= 11 is 0. The van der Waals surface area contributed by atoms with Gasteiger partial charge in [0.25, 0.3) is 0 Å². The van der Waals surface area contributed by atoms with E-state index in [2.05, 4.69) is 11.9 Å². The number of hydrogen-bond acceptors (Lipinski definition) is 3. The van der Waals surface area contributed by atoms with Crippen LogP contribution in [-0.4, -0.2) is 9.91 Å². The molecule has 1 aromatic heterocycles. The first kappa shape index (κ1) is 8.16. The van der Waals surface area contributed by atoms with Crippen molar-refractivity contribution in [1.29, 1.82) is 0 Å². The van der Waals surface area contributed by atoms with E-state index in [1.165, 1.54) is 6.07 Å². The second kappa shape index (κ2) is 2.52. The minimum atomic E-state index is -0.473. The van der Waals surface area contributed by atoms with Gasteiger partial charge < -0.3 is 10.1 Å². The van der Waals surface area contributed by atoms with Crippen molar-refractivity contribution >= 4 is 5.82 Å². The average Bonchev–Trinajstić information content (AvgIpc) is 2.85. The molecule has 68 valence electrons. The van der Waals surface area contributed by atoms with E-state index in [-0.39, 0.29) is 11.2 Å². The molecule has 0 radical (unpaired) electrons. The number of nitro groups is 1.